The minimum absolute atomic E-state index is 0.0421. The Balaban J connectivity index is 1.75. The monoisotopic (exact) mass is 609 g/mol. The molecule has 0 saturated heterocycles. The first-order valence-corrected chi connectivity index (χ1v) is 14.9. The summed E-state index contributed by atoms with van der Waals surface area (Å²) in [5.41, 5.74) is 4.00. The number of imidazole rings is 1. The maximum Gasteiger partial charge on any atom is 0.260 e. The highest BCUT2D eigenvalue weighted by atomic mass is 35.5. The first-order chi connectivity index (χ1) is 18.8. The summed E-state index contributed by atoms with van der Waals surface area (Å²) in [6.07, 6.45) is 4.25. The van der Waals surface area contributed by atoms with Crippen LogP contribution in [-0.4, -0.2) is 48.3 Å². The molecule has 2 heterocycles. The van der Waals surface area contributed by atoms with E-state index in [0.29, 0.717) is 37.8 Å². The van der Waals surface area contributed by atoms with Gasteiger partial charge in [0.1, 0.15) is 5.54 Å². The van der Waals surface area contributed by atoms with E-state index in [1.807, 2.05) is 0 Å². The van der Waals surface area contributed by atoms with E-state index < -0.39 is 45.9 Å². The molecule has 1 aromatic carbocycles. The number of hydrogen-bond acceptors (Lipinski definition) is 7. The van der Waals surface area contributed by atoms with Gasteiger partial charge in [0.2, 0.25) is 17.8 Å². The maximum atomic E-state index is 14.1. The molecule has 2 aromatic rings. The number of primary amides is 1. The lowest BCUT2D eigenvalue weighted by atomic mass is 9.76. The first kappa shape index (κ1) is 29.8. The molecule has 2 atom stereocenters. The fraction of sp³-hybridized carbons (Fsp3) is 0.480. The number of halogens is 2. The van der Waals surface area contributed by atoms with Gasteiger partial charge in [0, 0.05) is 16.0 Å². The van der Waals surface area contributed by atoms with Gasteiger partial charge < -0.3 is 11.1 Å². The van der Waals surface area contributed by atoms with E-state index in [-0.39, 0.29) is 32.9 Å². The van der Waals surface area contributed by atoms with Crippen LogP contribution in [0.4, 0.5) is 11.6 Å². The molecule has 3 amide bonds. The molecule has 1 saturated carbocycles. The second kappa shape index (κ2) is 11.4. The van der Waals surface area contributed by atoms with E-state index >= 15 is 0 Å². The molecule has 1 aromatic heterocycles. The molecule has 1 aliphatic heterocycles. The summed E-state index contributed by atoms with van der Waals surface area (Å²) in [6.45, 7) is 2.52. The molecule has 2 aliphatic rings. The van der Waals surface area contributed by atoms with Crippen molar-refractivity contribution < 1.29 is 22.8 Å². The fourth-order valence-electron chi connectivity index (χ4n) is 5.38. The van der Waals surface area contributed by atoms with E-state index in [1.165, 1.54) is 34.6 Å². The van der Waals surface area contributed by atoms with Crippen molar-refractivity contribution >= 4 is 62.6 Å². The van der Waals surface area contributed by atoms with E-state index in [0.717, 1.165) is 6.20 Å². The van der Waals surface area contributed by atoms with Gasteiger partial charge in [0.15, 0.2) is 5.03 Å². The van der Waals surface area contributed by atoms with E-state index in [4.69, 9.17) is 28.9 Å². The van der Waals surface area contributed by atoms with E-state index in [2.05, 4.69) is 21.1 Å². The van der Waals surface area contributed by atoms with Crippen LogP contribution in [0, 0.1) is 23.2 Å². The number of benzene rings is 1. The van der Waals surface area contributed by atoms with Crippen LogP contribution in [-0.2, 0) is 29.9 Å². The van der Waals surface area contributed by atoms with Crippen LogP contribution in [0.15, 0.2) is 29.4 Å². The van der Waals surface area contributed by atoms with Crippen molar-refractivity contribution in [2.45, 2.75) is 62.6 Å². The van der Waals surface area contributed by atoms with Crippen molar-refractivity contribution in [3.8, 4) is 6.07 Å². The summed E-state index contributed by atoms with van der Waals surface area (Å²) >= 11 is 12.4. The van der Waals surface area contributed by atoms with Gasteiger partial charge in [-0.25, -0.2) is 18.3 Å². The number of nitriles is 1. The average Bonchev–Trinajstić information content (AvgIpc) is 3.40. The number of nitrogens with zero attached hydrogens (tertiary/aromatic N) is 4. The average molecular weight is 611 g/mol. The number of fused-ring (bicyclic) bond motifs is 1. The van der Waals surface area contributed by atoms with Gasteiger partial charge in [0.25, 0.3) is 15.9 Å². The topological polar surface area (TPSA) is 180 Å². The lowest BCUT2D eigenvalue weighted by Gasteiger charge is -2.33. The van der Waals surface area contributed by atoms with Crippen molar-refractivity contribution in [3.05, 3.63) is 34.4 Å². The van der Waals surface area contributed by atoms with Crippen LogP contribution >= 0.6 is 23.2 Å². The largest absolute Gasteiger partial charge is 0.368 e. The van der Waals surface area contributed by atoms with Gasteiger partial charge in [0.05, 0.1) is 30.5 Å². The summed E-state index contributed by atoms with van der Waals surface area (Å²) in [5, 5.41) is 11.8. The van der Waals surface area contributed by atoms with Crippen LogP contribution < -0.4 is 20.7 Å². The number of amides is 3. The predicted octanol–water partition coefficient (Wildman–Crippen LogP) is 2.57. The van der Waals surface area contributed by atoms with Crippen molar-refractivity contribution in [3.63, 3.8) is 0 Å². The molecular formula is C25H29Cl2N7O5S. The Morgan fingerprint density at radius 1 is 1.23 bits per heavy atom. The Bertz CT molecular complexity index is 1480. The second-order valence-corrected chi connectivity index (χ2v) is 12.9. The minimum atomic E-state index is -4.40. The number of hydrogen-bond donors (Lipinski definition) is 3. The summed E-state index contributed by atoms with van der Waals surface area (Å²) < 4.78 is 30.8. The molecule has 0 radical (unpaired) electrons. The van der Waals surface area contributed by atoms with Crippen LogP contribution in [0.5, 0.6) is 0 Å². The van der Waals surface area contributed by atoms with Gasteiger partial charge in [-0.3, -0.25) is 19.0 Å². The number of nitrogens with one attached hydrogen (secondary N) is 2. The Morgan fingerprint density at radius 3 is 2.42 bits per heavy atom. The van der Waals surface area contributed by atoms with Crippen molar-refractivity contribution in [1.82, 2.24) is 19.6 Å². The Morgan fingerprint density at radius 2 is 1.85 bits per heavy atom. The van der Waals surface area contributed by atoms with Gasteiger partial charge in [-0.05, 0) is 70.1 Å². The van der Waals surface area contributed by atoms with Crippen molar-refractivity contribution in [2.24, 2.45) is 17.6 Å². The van der Waals surface area contributed by atoms with Crippen LogP contribution in [0.2, 0.25) is 10.0 Å². The zero-order valence-electron chi connectivity index (χ0n) is 21.9. The highest BCUT2D eigenvalue weighted by molar-refractivity contribution is 7.89. The highest BCUT2D eigenvalue weighted by Crippen LogP contribution is 2.47. The summed E-state index contributed by atoms with van der Waals surface area (Å²) in [5.74, 6) is -1.88. The third-order valence-electron chi connectivity index (χ3n) is 7.33. The molecule has 0 bridgehead atoms. The Labute approximate surface area is 241 Å². The summed E-state index contributed by atoms with van der Waals surface area (Å²) in [6, 6.07) is 5.61. The number of nitrogens with two attached hydrogens (primary N) is 1. The SMILES string of the molecule is C[C@H](NS(=O)(=O)c1cnc2n1[C@](C)(CC1CCC(C#N)CC1)C(=O)N2c1cc(Cl)cc(Cl)c1)C(=O)NCC(N)=O. The maximum absolute atomic E-state index is 14.1. The van der Waals surface area contributed by atoms with Gasteiger partial charge in [-0.15, -0.1) is 0 Å². The molecular weight excluding hydrogens is 581 g/mol. The number of sulfonamides is 1. The summed E-state index contributed by atoms with van der Waals surface area (Å²) in [4.78, 5) is 43.1. The molecule has 12 nitrogen and oxygen atoms in total. The van der Waals surface area contributed by atoms with E-state index in [9.17, 15) is 28.1 Å². The van der Waals surface area contributed by atoms with Crippen LogP contribution in [0.1, 0.15) is 46.0 Å². The number of aromatic nitrogens is 2. The molecule has 214 valence electrons. The quantitative estimate of drug-likeness (QED) is 0.390. The second-order valence-electron chi connectivity index (χ2n) is 10.4. The number of carbonyl (C=O) groups excluding carboxylic acids is 3. The number of rotatable bonds is 9. The third kappa shape index (κ3) is 5.81. The smallest absolute Gasteiger partial charge is 0.260 e. The van der Waals surface area contributed by atoms with E-state index in [1.54, 1.807) is 6.92 Å². The number of carbonyl (C=O) groups is 3. The molecule has 15 heteroatoms. The lowest BCUT2D eigenvalue weighted by molar-refractivity contribution is -0.125. The minimum Gasteiger partial charge on any atom is -0.368 e. The third-order valence-corrected chi connectivity index (χ3v) is 9.27. The van der Waals surface area contributed by atoms with Crippen molar-refractivity contribution in [2.75, 3.05) is 11.4 Å². The lowest BCUT2D eigenvalue weighted by Crippen LogP contribution is -2.48. The van der Waals surface area contributed by atoms with Crippen molar-refractivity contribution in [1.29, 1.82) is 5.26 Å². The molecule has 1 aliphatic carbocycles. The molecule has 4 rings (SSSR count). The highest BCUT2D eigenvalue weighted by Gasteiger charge is 2.52. The number of anilines is 2. The standard InChI is InChI=1S/C25H29Cl2N7O5S/c1-14(22(36)30-12-20(29)35)32-40(38,39)21-13-31-24-33(19-8-17(26)7-18(27)9-19)23(37)25(2,34(21)24)10-15-3-5-16(11-28)6-4-15/h7-9,13-16,32H,3-6,10,12H2,1-2H3,(H2,29,35)(H,30,36)/t14-,15?,16?,25+/m0/s1. The molecule has 40 heavy (non-hydrogen) atoms. The molecule has 0 unspecified atom stereocenters. The van der Waals surface area contributed by atoms with Gasteiger partial charge >= 0.3 is 0 Å². The van der Waals surface area contributed by atoms with Gasteiger partial charge in [-0.1, -0.05) is 23.2 Å². The predicted molar refractivity (Wildman–Crippen MR) is 147 cm³/mol. The zero-order chi connectivity index (χ0) is 29.4. The molecule has 0 spiro atoms. The zero-order valence-corrected chi connectivity index (χ0v) is 24.2. The molecule has 1 fully saturated rings. The molecule has 4 N–H and O–H groups in total. The normalized spacial score (nSPS) is 23.4. The Hall–Kier alpha value is -3.18. The summed E-state index contributed by atoms with van der Waals surface area (Å²) in [7, 11) is -4.40. The first-order valence-electron chi connectivity index (χ1n) is 12.6. The Kier molecular flexibility index (Phi) is 8.46. The van der Waals surface area contributed by atoms with Gasteiger partial charge in [-0.2, -0.15) is 9.98 Å². The van der Waals surface area contributed by atoms with Crippen LogP contribution in [0.3, 0.4) is 0 Å². The fourth-order valence-corrected chi connectivity index (χ4v) is 7.30. The van der Waals surface area contributed by atoms with Crippen LogP contribution in [0.25, 0.3) is 0 Å².